The first kappa shape index (κ1) is 17.7. The summed E-state index contributed by atoms with van der Waals surface area (Å²) < 4.78 is 11.9. The number of carbonyl (C=O) groups excluding carboxylic acids is 1. The zero-order chi connectivity index (χ0) is 15.7. The molecule has 20 heavy (non-hydrogen) atoms. The van der Waals surface area contributed by atoms with Gasteiger partial charge in [0, 0.05) is 18.9 Å². The fourth-order valence-corrected chi connectivity index (χ4v) is 3.79. The van der Waals surface area contributed by atoms with Crippen molar-refractivity contribution in [3.8, 4) is 0 Å². The Bertz CT molecular complexity index is 348. The van der Waals surface area contributed by atoms with Crippen LogP contribution in [0, 0.1) is 11.8 Å². The predicted molar refractivity (Wildman–Crippen MR) is 82.0 cm³/mol. The maximum atomic E-state index is 12.0. The molecule has 1 N–H and O–H groups in total. The molecule has 0 aromatic heterocycles. The summed E-state index contributed by atoms with van der Waals surface area (Å²) in [7, 11) is -1.93. The fourth-order valence-electron chi connectivity index (χ4n) is 2.34. The van der Waals surface area contributed by atoms with Gasteiger partial charge in [-0.3, -0.25) is 4.79 Å². The zero-order valence-electron chi connectivity index (χ0n) is 13.9. The van der Waals surface area contributed by atoms with Crippen molar-refractivity contribution in [1.82, 2.24) is 0 Å². The molecule has 1 aliphatic rings. The van der Waals surface area contributed by atoms with E-state index in [4.69, 9.17) is 14.3 Å². The number of hydrogen-bond acceptors (Lipinski definition) is 4. The SMILES string of the molecule is C[C@H]1[C@H](O[Si](C)(C)C(C)(C)C)[C@@H](C)C(=O)O[C@@H]1CCO. The van der Waals surface area contributed by atoms with Crippen LogP contribution in [0.3, 0.4) is 0 Å². The molecule has 1 rings (SSSR count). The van der Waals surface area contributed by atoms with E-state index in [1.54, 1.807) is 0 Å². The van der Waals surface area contributed by atoms with Crippen LogP contribution >= 0.6 is 0 Å². The van der Waals surface area contributed by atoms with Crippen LogP contribution in [0.25, 0.3) is 0 Å². The highest BCUT2D eigenvalue weighted by Gasteiger charge is 2.47. The van der Waals surface area contributed by atoms with Gasteiger partial charge < -0.3 is 14.3 Å². The van der Waals surface area contributed by atoms with Gasteiger partial charge in [0.15, 0.2) is 8.32 Å². The Morgan fingerprint density at radius 1 is 1.30 bits per heavy atom. The summed E-state index contributed by atoms with van der Waals surface area (Å²) in [6.07, 6.45) is 0.129. The lowest BCUT2D eigenvalue weighted by Crippen LogP contribution is -2.54. The molecule has 1 saturated heterocycles. The third-order valence-electron chi connectivity index (χ3n) is 4.89. The minimum atomic E-state index is -1.93. The van der Waals surface area contributed by atoms with Gasteiger partial charge in [-0.25, -0.2) is 0 Å². The lowest BCUT2D eigenvalue weighted by atomic mass is 9.85. The molecule has 0 bridgehead atoms. The molecule has 1 aliphatic heterocycles. The quantitative estimate of drug-likeness (QED) is 0.641. The lowest BCUT2D eigenvalue weighted by molar-refractivity contribution is -0.177. The molecule has 0 saturated carbocycles. The maximum Gasteiger partial charge on any atom is 0.311 e. The van der Waals surface area contributed by atoms with E-state index in [-0.39, 0.29) is 41.7 Å². The molecule has 0 amide bonds. The lowest BCUT2D eigenvalue weighted by Gasteiger charge is -2.46. The van der Waals surface area contributed by atoms with E-state index < -0.39 is 8.32 Å². The van der Waals surface area contributed by atoms with Crippen molar-refractivity contribution in [3.05, 3.63) is 0 Å². The predicted octanol–water partition coefficient (Wildman–Crippen LogP) is 2.96. The first-order valence-corrected chi connectivity index (χ1v) is 10.4. The molecule has 0 radical (unpaired) electrons. The van der Waals surface area contributed by atoms with Gasteiger partial charge in [0.1, 0.15) is 6.10 Å². The molecule has 0 aromatic rings. The van der Waals surface area contributed by atoms with Crippen LogP contribution in [0.5, 0.6) is 0 Å². The third-order valence-corrected chi connectivity index (χ3v) is 9.36. The van der Waals surface area contributed by atoms with E-state index in [1.807, 2.05) is 6.92 Å². The Balaban J connectivity index is 2.92. The monoisotopic (exact) mass is 302 g/mol. The first-order chi connectivity index (χ1) is 9.01. The van der Waals surface area contributed by atoms with Crippen molar-refractivity contribution >= 4 is 14.3 Å². The number of hydrogen-bond donors (Lipinski definition) is 1. The van der Waals surface area contributed by atoms with Crippen molar-refractivity contribution in [2.24, 2.45) is 11.8 Å². The molecule has 5 heteroatoms. The largest absolute Gasteiger partial charge is 0.462 e. The van der Waals surface area contributed by atoms with Gasteiger partial charge in [-0.2, -0.15) is 0 Å². The summed E-state index contributed by atoms with van der Waals surface area (Å²) in [5.74, 6) is -0.330. The molecule has 0 spiro atoms. The molecule has 118 valence electrons. The van der Waals surface area contributed by atoms with Crippen LogP contribution in [0.15, 0.2) is 0 Å². The average molecular weight is 302 g/mol. The molecule has 1 heterocycles. The van der Waals surface area contributed by atoms with Gasteiger partial charge in [0.05, 0.1) is 12.0 Å². The topological polar surface area (TPSA) is 55.8 Å². The normalized spacial score (nSPS) is 32.1. The van der Waals surface area contributed by atoms with Gasteiger partial charge in [-0.05, 0) is 25.1 Å². The van der Waals surface area contributed by atoms with Crippen molar-refractivity contribution in [2.45, 2.75) is 71.4 Å². The van der Waals surface area contributed by atoms with Gasteiger partial charge in [0.25, 0.3) is 0 Å². The smallest absolute Gasteiger partial charge is 0.311 e. The van der Waals surface area contributed by atoms with Crippen LogP contribution < -0.4 is 0 Å². The standard InChI is InChI=1S/C15H30O4Si/c1-10-12(8-9-16)18-14(17)11(2)13(10)19-20(6,7)15(3,4)5/h10-13,16H,8-9H2,1-7H3/t10-,11-,12-,13+/m1/s1. The number of aliphatic hydroxyl groups is 1. The van der Waals surface area contributed by atoms with Gasteiger partial charge in [-0.15, -0.1) is 0 Å². The minimum Gasteiger partial charge on any atom is -0.462 e. The number of rotatable bonds is 4. The van der Waals surface area contributed by atoms with Crippen molar-refractivity contribution < 1.29 is 19.1 Å². The molecule has 1 fully saturated rings. The highest BCUT2D eigenvalue weighted by Crippen LogP contribution is 2.41. The van der Waals surface area contributed by atoms with Crippen LogP contribution in [0.1, 0.15) is 41.0 Å². The second-order valence-corrected chi connectivity index (χ2v) is 12.2. The maximum absolute atomic E-state index is 12.0. The van der Waals surface area contributed by atoms with E-state index in [9.17, 15) is 4.79 Å². The molecule has 0 unspecified atom stereocenters. The zero-order valence-corrected chi connectivity index (χ0v) is 14.9. The van der Waals surface area contributed by atoms with Crippen LogP contribution in [0.2, 0.25) is 18.1 Å². The summed E-state index contributed by atoms with van der Waals surface area (Å²) in [4.78, 5) is 12.0. The van der Waals surface area contributed by atoms with E-state index in [2.05, 4.69) is 40.8 Å². The number of carbonyl (C=O) groups is 1. The molecule has 0 aromatic carbocycles. The van der Waals surface area contributed by atoms with Gasteiger partial charge in [-0.1, -0.05) is 27.7 Å². The molecule has 4 atom stereocenters. The average Bonchev–Trinajstić information content (AvgIpc) is 2.30. The molecule has 0 aliphatic carbocycles. The Morgan fingerprint density at radius 2 is 1.85 bits per heavy atom. The Morgan fingerprint density at radius 3 is 2.30 bits per heavy atom. The van der Waals surface area contributed by atoms with Gasteiger partial charge in [0.2, 0.25) is 0 Å². The first-order valence-electron chi connectivity index (χ1n) is 7.50. The second-order valence-electron chi connectivity index (χ2n) is 7.48. The molecule has 4 nitrogen and oxygen atoms in total. The third kappa shape index (κ3) is 3.62. The van der Waals surface area contributed by atoms with E-state index in [1.165, 1.54) is 0 Å². The highest BCUT2D eigenvalue weighted by molar-refractivity contribution is 6.74. The Kier molecular flexibility index (Phi) is 5.44. The number of esters is 1. The van der Waals surface area contributed by atoms with E-state index in [0.29, 0.717) is 6.42 Å². The van der Waals surface area contributed by atoms with Crippen LogP contribution in [-0.4, -0.2) is 38.2 Å². The Labute approximate surface area is 124 Å². The van der Waals surface area contributed by atoms with Crippen molar-refractivity contribution in [2.75, 3.05) is 6.61 Å². The summed E-state index contributed by atoms with van der Waals surface area (Å²) in [6, 6.07) is 0. The van der Waals surface area contributed by atoms with Crippen molar-refractivity contribution in [3.63, 3.8) is 0 Å². The van der Waals surface area contributed by atoms with Crippen LogP contribution in [-0.2, 0) is 14.0 Å². The number of aliphatic hydroxyl groups excluding tert-OH is 1. The minimum absolute atomic E-state index is 0.0312. The Hall–Kier alpha value is -0.393. The second kappa shape index (κ2) is 6.16. The van der Waals surface area contributed by atoms with E-state index >= 15 is 0 Å². The van der Waals surface area contributed by atoms with Crippen molar-refractivity contribution in [1.29, 1.82) is 0 Å². The summed E-state index contributed by atoms with van der Waals surface area (Å²) in [6.45, 7) is 15.0. The highest BCUT2D eigenvalue weighted by atomic mass is 28.4. The summed E-state index contributed by atoms with van der Waals surface area (Å²) in [5.41, 5.74) is 0. The van der Waals surface area contributed by atoms with Gasteiger partial charge >= 0.3 is 5.97 Å². The number of cyclic esters (lactones) is 1. The van der Waals surface area contributed by atoms with Crippen LogP contribution in [0.4, 0.5) is 0 Å². The summed E-state index contributed by atoms with van der Waals surface area (Å²) >= 11 is 0. The summed E-state index contributed by atoms with van der Waals surface area (Å²) in [5, 5.41) is 9.22. The number of ether oxygens (including phenoxy) is 1. The molecular formula is C15H30O4Si. The molecular weight excluding hydrogens is 272 g/mol. The fraction of sp³-hybridized carbons (Fsp3) is 0.933. The van der Waals surface area contributed by atoms with E-state index in [0.717, 1.165) is 0 Å².